The summed E-state index contributed by atoms with van der Waals surface area (Å²) in [6.45, 7) is 1.93. The van der Waals surface area contributed by atoms with Gasteiger partial charge in [0.15, 0.2) is 6.39 Å². The third kappa shape index (κ3) is 3.25. The highest BCUT2D eigenvalue weighted by atomic mass is 16.4. The van der Waals surface area contributed by atoms with Crippen LogP contribution in [0, 0.1) is 0 Å². The number of oxazole rings is 1. The van der Waals surface area contributed by atoms with E-state index in [1.807, 2.05) is 14.0 Å². The predicted molar refractivity (Wildman–Crippen MR) is 48.3 cm³/mol. The average molecular weight is 183 g/mol. The predicted octanol–water partition coefficient (Wildman–Crippen LogP) is 0.611. The van der Waals surface area contributed by atoms with Crippen molar-refractivity contribution in [2.45, 2.75) is 19.4 Å². The molecule has 72 valence electrons. The summed E-state index contributed by atoms with van der Waals surface area (Å²) in [6, 6.07) is 0.155. The molecule has 13 heavy (non-hydrogen) atoms. The molecule has 0 saturated heterocycles. The lowest BCUT2D eigenvalue weighted by Crippen LogP contribution is -2.27. The summed E-state index contributed by atoms with van der Waals surface area (Å²) in [6.07, 6.45) is 3.15. The minimum absolute atomic E-state index is 0.0846. The molecule has 0 aliphatic heterocycles. The van der Waals surface area contributed by atoms with Crippen LogP contribution in [0.3, 0.4) is 0 Å². The van der Waals surface area contributed by atoms with Crippen molar-refractivity contribution in [3.05, 3.63) is 12.6 Å². The number of nitrogens with zero attached hydrogens (tertiary/aromatic N) is 1. The topological polar surface area (TPSA) is 67.2 Å². The van der Waals surface area contributed by atoms with Crippen LogP contribution >= 0.6 is 0 Å². The second-order valence-electron chi connectivity index (χ2n) is 2.81. The number of carbonyl (C=O) groups is 1. The van der Waals surface area contributed by atoms with E-state index in [-0.39, 0.29) is 11.9 Å². The van der Waals surface area contributed by atoms with Gasteiger partial charge in [-0.25, -0.2) is 4.98 Å². The first-order valence-electron chi connectivity index (χ1n) is 4.08. The van der Waals surface area contributed by atoms with Crippen LogP contribution in [0.15, 0.2) is 17.0 Å². The standard InChI is InChI=1S/C8H13N3O2/c1-6(9-2)3-7(12)11-8-4-10-5-13-8/h4-6,9H,3H2,1-2H3,(H,11,12). The van der Waals surface area contributed by atoms with Gasteiger partial charge in [-0.1, -0.05) is 0 Å². The first kappa shape index (κ1) is 9.73. The summed E-state index contributed by atoms with van der Waals surface area (Å²) in [5.74, 6) is 0.298. The maximum atomic E-state index is 11.2. The van der Waals surface area contributed by atoms with Crippen LogP contribution in [0.1, 0.15) is 13.3 Å². The number of aromatic nitrogens is 1. The third-order valence-corrected chi connectivity index (χ3v) is 1.68. The summed E-state index contributed by atoms with van der Waals surface area (Å²) in [4.78, 5) is 14.9. The van der Waals surface area contributed by atoms with Crippen LogP contribution in [0.4, 0.5) is 5.88 Å². The smallest absolute Gasteiger partial charge is 0.228 e. The van der Waals surface area contributed by atoms with E-state index >= 15 is 0 Å². The zero-order valence-electron chi connectivity index (χ0n) is 7.70. The molecule has 5 heteroatoms. The lowest BCUT2D eigenvalue weighted by Gasteiger charge is -2.08. The molecule has 0 bridgehead atoms. The number of anilines is 1. The third-order valence-electron chi connectivity index (χ3n) is 1.68. The molecule has 0 aliphatic rings. The summed E-state index contributed by atoms with van der Waals surface area (Å²) >= 11 is 0. The Balaban J connectivity index is 2.34. The quantitative estimate of drug-likeness (QED) is 0.717. The van der Waals surface area contributed by atoms with Gasteiger partial charge in [-0.15, -0.1) is 0 Å². The van der Waals surface area contributed by atoms with Crippen molar-refractivity contribution in [2.75, 3.05) is 12.4 Å². The molecule has 1 rings (SSSR count). The van der Waals surface area contributed by atoms with Gasteiger partial charge in [0.05, 0.1) is 6.20 Å². The number of carbonyl (C=O) groups excluding carboxylic acids is 1. The Hall–Kier alpha value is -1.36. The van der Waals surface area contributed by atoms with Gasteiger partial charge in [0.25, 0.3) is 0 Å². The second-order valence-corrected chi connectivity index (χ2v) is 2.81. The lowest BCUT2D eigenvalue weighted by atomic mass is 10.2. The Labute approximate surface area is 76.5 Å². The van der Waals surface area contributed by atoms with Crippen LogP contribution in [0.5, 0.6) is 0 Å². The molecule has 1 atom stereocenters. The van der Waals surface area contributed by atoms with Gasteiger partial charge in [-0.2, -0.15) is 0 Å². The second kappa shape index (κ2) is 4.61. The highest BCUT2D eigenvalue weighted by Gasteiger charge is 2.08. The Kier molecular flexibility index (Phi) is 3.45. The molecule has 1 aromatic rings. The Morgan fingerprint density at radius 3 is 3.08 bits per heavy atom. The van der Waals surface area contributed by atoms with Crippen molar-refractivity contribution in [2.24, 2.45) is 0 Å². The van der Waals surface area contributed by atoms with Gasteiger partial charge < -0.3 is 9.73 Å². The first-order valence-corrected chi connectivity index (χ1v) is 4.08. The maximum absolute atomic E-state index is 11.2. The molecule has 0 aliphatic carbocycles. The Morgan fingerprint density at radius 2 is 2.54 bits per heavy atom. The summed E-state index contributed by atoms with van der Waals surface area (Å²) in [7, 11) is 1.81. The molecule has 5 nitrogen and oxygen atoms in total. The number of hydrogen-bond donors (Lipinski definition) is 2. The van der Waals surface area contributed by atoms with Crippen molar-refractivity contribution >= 4 is 11.8 Å². The molecule has 1 unspecified atom stereocenters. The van der Waals surface area contributed by atoms with E-state index in [1.165, 1.54) is 12.6 Å². The molecule has 0 aromatic carbocycles. The van der Waals surface area contributed by atoms with Crippen LogP contribution in [-0.4, -0.2) is 24.0 Å². The molecular weight excluding hydrogens is 170 g/mol. The van der Waals surface area contributed by atoms with E-state index < -0.39 is 0 Å². The van der Waals surface area contributed by atoms with Crippen LogP contribution in [0.2, 0.25) is 0 Å². The molecule has 0 spiro atoms. The van der Waals surface area contributed by atoms with Gasteiger partial charge >= 0.3 is 0 Å². The molecule has 1 heterocycles. The molecule has 0 saturated carbocycles. The summed E-state index contributed by atoms with van der Waals surface area (Å²) < 4.78 is 4.86. The van der Waals surface area contributed by atoms with E-state index in [0.29, 0.717) is 12.3 Å². The fourth-order valence-corrected chi connectivity index (χ4v) is 0.846. The van der Waals surface area contributed by atoms with Gasteiger partial charge in [0, 0.05) is 12.5 Å². The number of hydrogen-bond acceptors (Lipinski definition) is 4. The first-order chi connectivity index (χ1) is 6.22. The van der Waals surface area contributed by atoms with E-state index in [1.54, 1.807) is 0 Å². The zero-order valence-corrected chi connectivity index (χ0v) is 7.70. The minimum atomic E-state index is -0.0846. The molecule has 2 N–H and O–H groups in total. The largest absolute Gasteiger partial charge is 0.428 e. The maximum Gasteiger partial charge on any atom is 0.228 e. The van der Waals surface area contributed by atoms with E-state index in [4.69, 9.17) is 4.42 Å². The Morgan fingerprint density at radius 1 is 1.77 bits per heavy atom. The van der Waals surface area contributed by atoms with E-state index in [0.717, 1.165) is 0 Å². The highest BCUT2D eigenvalue weighted by molar-refractivity contribution is 5.89. The monoisotopic (exact) mass is 183 g/mol. The van der Waals surface area contributed by atoms with Gasteiger partial charge in [-0.05, 0) is 14.0 Å². The van der Waals surface area contributed by atoms with E-state index in [9.17, 15) is 4.79 Å². The van der Waals surface area contributed by atoms with E-state index in [2.05, 4.69) is 15.6 Å². The minimum Gasteiger partial charge on any atom is -0.428 e. The fraction of sp³-hybridized carbons (Fsp3) is 0.500. The average Bonchev–Trinajstić information content (AvgIpc) is 2.56. The SMILES string of the molecule is CNC(C)CC(=O)Nc1cnco1. The number of rotatable bonds is 4. The van der Waals surface area contributed by atoms with Crippen molar-refractivity contribution in [1.82, 2.24) is 10.3 Å². The molecule has 1 amide bonds. The highest BCUT2D eigenvalue weighted by Crippen LogP contribution is 2.04. The molecule has 0 radical (unpaired) electrons. The summed E-state index contributed by atoms with van der Waals surface area (Å²) in [5.41, 5.74) is 0. The van der Waals surface area contributed by atoms with Crippen LogP contribution in [-0.2, 0) is 4.79 Å². The Bertz CT molecular complexity index is 258. The van der Waals surface area contributed by atoms with Crippen molar-refractivity contribution < 1.29 is 9.21 Å². The summed E-state index contributed by atoms with van der Waals surface area (Å²) in [5, 5.41) is 5.55. The molecular formula is C8H13N3O2. The van der Waals surface area contributed by atoms with Crippen molar-refractivity contribution in [1.29, 1.82) is 0 Å². The van der Waals surface area contributed by atoms with Crippen LogP contribution < -0.4 is 10.6 Å². The van der Waals surface area contributed by atoms with Crippen molar-refractivity contribution in [3.8, 4) is 0 Å². The number of amides is 1. The van der Waals surface area contributed by atoms with Gasteiger partial charge in [0.2, 0.25) is 11.8 Å². The zero-order chi connectivity index (χ0) is 9.68. The lowest BCUT2D eigenvalue weighted by molar-refractivity contribution is -0.116. The fourth-order valence-electron chi connectivity index (χ4n) is 0.846. The van der Waals surface area contributed by atoms with Gasteiger partial charge in [-0.3, -0.25) is 10.1 Å². The van der Waals surface area contributed by atoms with Gasteiger partial charge in [0.1, 0.15) is 0 Å². The molecule has 1 aromatic heterocycles. The van der Waals surface area contributed by atoms with Crippen molar-refractivity contribution in [3.63, 3.8) is 0 Å². The molecule has 0 fully saturated rings. The van der Waals surface area contributed by atoms with Crippen LogP contribution in [0.25, 0.3) is 0 Å². The normalized spacial score (nSPS) is 12.5. The number of nitrogens with one attached hydrogen (secondary N) is 2.